The number of amides is 1. The Labute approximate surface area is 133 Å². The molecule has 1 rings (SSSR count). The first kappa shape index (κ1) is 18.3. The van der Waals surface area contributed by atoms with Gasteiger partial charge in [-0.3, -0.25) is 4.79 Å². The maximum absolute atomic E-state index is 11.4. The smallest absolute Gasteiger partial charge is 0.220 e. The zero-order chi connectivity index (χ0) is 16.4. The van der Waals surface area contributed by atoms with Crippen LogP contribution in [-0.4, -0.2) is 44.7 Å². The van der Waals surface area contributed by atoms with Crippen LogP contribution in [0.2, 0.25) is 0 Å². The lowest BCUT2D eigenvalue weighted by molar-refractivity contribution is -0.121. The van der Waals surface area contributed by atoms with Gasteiger partial charge in [-0.25, -0.2) is 0 Å². The van der Waals surface area contributed by atoms with E-state index >= 15 is 0 Å². The quantitative estimate of drug-likeness (QED) is 0.675. The fourth-order valence-corrected chi connectivity index (χ4v) is 2.03. The van der Waals surface area contributed by atoms with Crippen LogP contribution in [0.1, 0.15) is 32.3 Å². The van der Waals surface area contributed by atoms with Gasteiger partial charge < -0.3 is 19.7 Å². The molecule has 0 atom stereocenters. The first-order valence-electron chi connectivity index (χ1n) is 7.85. The standard InChI is InChI=1S/C17H28N2O3/c1-5-18-17(20)8-7-11-22-16-12-15(21-4)10-9-14(16)13-19(3)6-2/h9-10,12H,5-8,11,13H2,1-4H3,(H,18,20). The van der Waals surface area contributed by atoms with Crippen LogP contribution >= 0.6 is 0 Å². The molecule has 0 unspecified atom stereocenters. The predicted molar refractivity (Wildman–Crippen MR) is 88.4 cm³/mol. The Morgan fingerprint density at radius 1 is 1.32 bits per heavy atom. The molecule has 124 valence electrons. The number of carbonyl (C=O) groups is 1. The van der Waals surface area contributed by atoms with Gasteiger partial charge in [0.1, 0.15) is 11.5 Å². The highest BCUT2D eigenvalue weighted by Crippen LogP contribution is 2.26. The van der Waals surface area contributed by atoms with Crippen LogP contribution in [0.15, 0.2) is 18.2 Å². The van der Waals surface area contributed by atoms with Crippen molar-refractivity contribution in [2.75, 3.05) is 33.9 Å². The van der Waals surface area contributed by atoms with Gasteiger partial charge in [0, 0.05) is 31.1 Å². The molecule has 1 aromatic rings. The van der Waals surface area contributed by atoms with Crippen LogP contribution in [0.25, 0.3) is 0 Å². The summed E-state index contributed by atoms with van der Waals surface area (Å²) in [6.45, 7) is 7.03. The molecular weight excluding hydrogens is 280 g/mol. The molecule has 1 aromatic carbocycles. The van der Waals surface area contributed by atoms with E-state index in [0.29, 0.717) is 26.0 Å². The lowest BCUT2D eigenvalue weighted by Gasteiger charge is -2.18. The summed E-state index contributed by atoms with van der Waals surface area (Å²) in [6.07, 6.45) is 1.19. The lowest BCUT2D eigenvalue weighted by Crippen LogP contribution is -2.22. The highest BCUT2D eigenvalue weighted by Gasteiger charge is 2.08. The number of hydrogen-bond donors (Lipinski definition) is 1. The van der Waals surface area contributed by atoms with E-state index in [1.807, 2.05) is 25.1 Å². The molecule has 0 saturated heterocycles. The second kappa shape index (κ2) is 10.1. The summed E-state index contributed by atoms with van der Waals surface area (Å²) in [6, 6.07) is 5.88. The van der Waals surface area contributed by atoms with Crippen LogP contribution in [0, 0.1) is 0 Å². The number of nitrogens with zero attached hydrogens (tertiary/aromatic N) is 1. The molecule has 5 nitrogen and oxygen atoms in total. The van der Waals surface area contributed by atoms with Crippen molar-refractivity contribution in [3.63, 3.8) is 0 Å². The molecule has 1 N–H and O–H groups in total. The van der Waals surface area contributed by atoms with Crippen molar-refractivity contribution in [1.29, 1.82) is 0 Å². The Morgan fingerprint density at radius 3 is 2.73 bits per heavy atom. The van der Waals surface area contributed by atoms with Gasteiger partial charge in [0.25, 0.3) is 0 Å². The average molecular weight is 308 g/mol. The summed E-state index contributed by atoms with van der Waals surface area (Å²) in [7, 11) is 3.72. The monoisotopic (exact) mass is 308 g/mol. The molecule has 0 fully saturated rings. The van der Waals surface area contributed by atoms with E-state index in [9.17, 15) is 4.79 Å². The molecule has 0 radical (unpaired) electrons. The number of carbonyl (C=O) groups excluding carboxylic acids is 1. The Bertz CT molecular complexity index is 463. The van der Waals surface area contributed by atoms with Crippen LogP contribution in [0.5, 0.6) is 11.5 Å². The van der Waals surface area contributed by atoms with E-state index < -0.39 is 0 Å². The molecule has 0 bridgehead atoms. The van der Waals surface area contributed by atoms with Gasteiger partial charge in [-0.2, -0.15) is 0 Å². The first-order valence-corrected chi connectivity index (χ1v) is 7.85. The van der Waals surface area contributed by atoms with E-state index in [0.717, 1.165) is 30.2 Å². The molecule has 5 heteroatoms. The van der Waals surface area contributed by atoms with Gasteiger partial charge in [-0.15, -0.1) is 0 Å². The van der Waals surface area contributed by atoms with E-state index in [-0.39, 0.29) is 5.91 Å². The van der Waals surface area contributed by atoms with Gasteiger partial charge in [-0.05, 0) is 33.0 Å². The van der Waals surface area contributed by atoms with Crippen LogP contribution < -0.4 is 14.8 Å². The minimum atomic E-state index is 0.0719. The average Bonchev–Trinajstić information content (AvgIpc) is 2.52. The third kappa shape index (κ3) is 6.35. The summed E-state index contributed by atoms with van der Waals surface area (Å²) in [5.74, 6) is 1.68. The van der Waals surface area contributed by atoms with Crippen LogP contribution in [-0.2, 0) is 11.3 Å². The number of rotatable bonds is 10. The topological polar surface area (TPSA) is 50.8 Å². The maximum atomic E-state index is 11.4. The molecule has 22 heavy (non-hydrogen) atoms. The minimum absolute atomic E-state index is 0.0719. The van der Waals surface area contributed by atoms with Crippen molar-refractivity contribution in [3.8, 4) is 11.5 Å². The van der Waals surface area contributed by atoms with Gasteiger partial charge >= 0.3 is 0 Å². The molecular formula is C17H28N2O3. The van der Waals surface area contributed by atoms with Crippen molar-refractivity contribution in [2.24, 2.45) is 0 Å². The summed E-state index contributed by atoms with van der Waals surface area (Å²) in [5.41, 5.74) is 1.13. The van der Waals surface area contributed by atoms with E-state index in [4.69, 9.17) is 9.47 Å². The summed E-state index contributed by atoms with van der Waals surface area (Å²) >= 11 is 0. The largest absolute Gasteiger partial charge is 0.497 e. The Kier molecular flexibility index (Phi) is 8.36. The molecule has 0 aliphatic carbocycles. The first-order chi connectivity index (χ1) is 10.6. The zero-order valence-electron chi connectivity index (χ0n) is 14.1. The van der Waals surface area contributed by atoms with Gasteiger partial charge in [-0.1, -0.05) is 13.0 Å². The second-order valence-corrected chi connectivity index (χ2v) is 5.21. The van der Waals surface area contributed by atoms with Gasteiger partial charge in [0.2, 0.25) is 5.91 Å². The number of ether oxygens (including phenoxy) is 2. The number of nitrogens with one attached hydrogen (secondary N) is 1. The van der Waals surface area contributed by atoms with Crippen LogP contribution in [0.3, 0.4) is 0 Å². The van der Waals surface area contributed by atoms with Crippen molar-refractivity contribution in [3.05, 3.63) is 23.8 Å². The number of benzene rings is 1. The van der Waals surface area contributed by atoms with Crippen molar-refractivity contribution in [1.82, 2.24) is 10.2 Å². The molecule has 0 aliphatic rings. The predicted octanol–water partition coefficient (Wildman–Crippen LogP) is 2.44. The normalized spacial score (nSPS) is 10.6. The third-order valence-electron chi connectivity index (χ3n) is 3.43. The molecule has 1 amide bonds. The Morgan fingerprint density at radius 2 is 2.09 bits per heavy atom. The van der Waals surface area contributed by atoms with Gasteiger partial charge in [0.05, 0.1) is 13.7 Å². The van der Waals surface area contributed by atoms with Crippen molar-refractivity contribution in [2.45, 2.75) is 33.2 Å². The molecule has 0 aliphatic heterocycles. The highest BCUT2D eigenvalue weighted by molar-refractivity contribution is 5.75. The highest BCUT2D eigenvalue weighted by atomic mass is 16.5. The fraction of sp³-hybridized carbons (Fsp3) is 0.588. The van der Waals surface area contributed by atoms with Crippen molar-refractivity contribution < 1.29 is 14.3 Å². The maximum Gasteiger partial charge on any atom is 0.220 e. The van der Waals surface area contributed by atoms with Gasteiger partial charge in [0.15, 0.2) is 0 Å². The Hall–Kier alpha value is -1.75. The van der Waals surface area contributed by atoms with Crippen molar-refractivity contribution >= 4 is 5.91 Å². The van der Waals surface area contributed by atoms with E-state index in [2.05, 4.69) is 24.2 Å². The Balaban J connectivity index is 2.60. The molecule has 0 heterocycles. The summed E-state index contributed by atoms with van der Waals surface area (Å²) in [5, 5.41) is 2.79. The lowest BCUT2D eigenvalue weighted by atomic mass is 10.1. The fourth-order valence-electron chi connectivity index (χ4n) is 2.03. The van der Waals surface area contributed by atoms with E-state index in [1.165, 1.54) is 0 Å². The number of hydrogen-bond acceptors (Lipinski definition) is 4. The van der Waals surface area contributed by atoms with E-state index in [1.54, 1.807) is 7.11 Å². The summed E-state index contributed by atoms with van der Waals surface area (Å²) in [4.78, 5) is 13.6. The minimum Gasteiger partial charge on any atom is -0.497 e. The number of methoxy groups -OCH3 is 1. The molecule has 0 spiro atoms. The SMILES string of the molecule is CCNC(=O)CCCOc1cc(OC)ccc1CN(C)CC. The molecule has 0 aromatic heterocycles. The zero-order valence-corrected chi connectivity index (χ0v) is 14.1. The summed E-state index contributed by atoms with van der Waals surface area (Å²) < 4.78 is 11.1. The van der Waals surface area contributed by atoms with Crippen LogP contribution in [0.4, 0.5) is 0 Å². The second-order valence-electron chi connectivity index (χ2n) is 5.21. The third-order valence-corrected chi connectivity index (χ3v) is 3.43. The molecule has 0 saturated carbocycles.